The third-order valence-corrected chi connectivity index (χ3v) is 4.14. The van der Waals surface area contributed by atoms with Crippen LogP contribution in [-0.2, 0) is 16.1 Å². The highest BCUT2D eigenvalue weighted by Gasteiger charge is 2.38. The fourth-order valence-corrected chi connectivity index (χ4v) is 3.06. The molecule has 5 nitrogen and oxygen atoms in total. The molecular formula is C15H21NO4. The molecule has 1 aromatic rings. The molecular weight excluding hydrogens is 258 g/mol. The van der Waals surface area contributed by atoms with Crippen molar-refractivity contribution in [2.24, 2.45) is 5.41 Å². The molecule has 1 N–H and O–H groups in total. The van der Waals surface area contributed by atoms with Crippen molar-refractivity contribution in [1.82, 2.24) is 4.90 Å². The standard InChI is InChI=1S/C15H21NO4/c1-16(10-12-4-7-20-11-12)13(17)8-15(9-14(18)19)5-2-3-6-15/h4,7,11H,2-3,5-6,8-10H2,1H3,(H,18,19). The van der Waals surface area contributed by atoms with E-state index in [2.05, 4.69) is 0 Å². The Balaban J connectivity index is 1.95. The van der Waals surface area contributed by atoms with E-state index >= 15 is 0 Å². The van der Waals surface area contributed by atoms with E-state index < -0.39 is 5.97 Å². The van der Waals surface area contributed by atoms with Gasteiger partial charge in [-0.1, -0.05) is 12.8 Å². The molecule has 1 aliphatic carbocycles. The molecule has 0 unspecified atom stereocenters. The van der Waals surface area contributed by atoms with E-state index in [9.17, 15) is 9.59 Å². The average Bonchev–Trinajstić information content (AvgIpc) is 3.00. The number of hydrogen-bond acceptors (Lipinski definition) is 3. The van der Waals surface area contributed by atoms with Gasteiger partial charge in [0.05, 0.1) is 18.9 Å². The number of hydrogen-bond donors (Lipinski definition) is 1. The molecule has 0 radical (unpaired) electrons. The molecule has 1 aliphatic rings. The summed E-state index contributed by atoms with van der Waals surface area (Å²) in [4.78, 5) is 25.0. The van der Waals surface area contributed by atoms with E-state index in [0.717, 1.165) is 31.2 Å². The highest BCUT2D eigenvalue weighted by atomic mass is 16.4. The van der Waals surface area contributed by atoms with Gasteiger partial charge in [-0.15, -0.1) is 0 Å². The SMILES string of the molecule is CN(Cc1ccoc1)C(=O)CC1(CC(=O)O)CCCC1. The van der Waals surface area contributed by atoms with Crippen molar-refractivity contribution in [1.29, 1.82) is 0 Å². The number of aliphatic carboxylic acids is 1. The highest BCUT2D eigenvalue weighted by Crippen LogP contribution is 2.44. The van der Waals surface area contributed by atoms with Gasteiger partial charge < -0.3 is 14.4 Å². The van der Waals surface area contributed by atoms with Crippen LogP contribution < -0.4 is 0 Å². The summed E-state index contributed by atoms with van der Waals surface area (Å²) in [5.74, 6) is -0.800. The first kappa shape index (κ1) is 14.6. The van der Waals surface area contributed by atoms with E-state index in [-0.39, 0.29) is 17.7 Å². The number of furan rings is 1. The maximum absolute atomic E-state index is 12.3. The van der Waals surface area contributed by atoms with Gasteiger partial charge in [0, 0.05) is 25.6 Å². The number of rotatable bonds is 6. The zero-order valence-corrected chi connectivity index (χ0v) is 11.8. The van der Waals surface area contributed by atoms with Gasteiger partial charge in [0.2, 0.25) is 5.91 Å². The van der Waals surface area contributed by atoms with Gasteiger partial charge in [0.15, 0.2) is 0 Å². The Morgan fingerprint density at radius 2 is 2.05 bits per heavy atom. The largest absolute Gasteiger partial charge is 0.481 e. The number of carboxylic acid groups (broad SMARTS) is 1. The van der Waals surface area contributed by atoms with Crippen LogP contribution in [0.1, 0.15) is 44.1 Å². The summed E-state index contributed by atoms with van der Waals surface area (Å²) >= 11 is 0. The van der Waals surface area contributed by atoms with Crippen molar-refractivity contribution in [3.63, 3.8) is 0 Å². The lowest BCUT2D eigenvalue weighted by atomic mass is 9.79. The quantitative estimate of drug-likeness (QED) is 0.869. The van der Waals surface area contributed by atoms with Gasteiger partial charge in [-0.2, -0.15) is 0 Å². The van der Waals surface area contributed by atoms with E-state index in [1.54, 1.807) is 24.5 Å². The smallest absolute Gasteiger partial charge is 0.303 e. The van der Waals surface area contributed by atoms with Crippen molar-refractivity contribution >= 4 is 11.9 Å². The summed E-state index contributed by atoms with van der Waals surface area (Å²) in [6.45, 7) is 0.498. The monoisotopic (exact) mass is 279 g/mol. The summed E-state index contributed by atoms with van der Waals surface area (Å²) in [7, 11) is 1.75. The van der Waals surface area contributed by atoms with Crippen LogP contribution in [0.5, 0.6) is 0 Å². The maximum Gasteiger partial charge on any atom is 0.303 e. The molecule has 2 rings (SSSR count). The molecule has 20 heavy (non-hydrogen) atoms. The van der Waals surface area contributed by atoms with Crippen LogP contribution >= 0.6 is 0 Å². The first-order valence-corrected chi connectivity index (χ1v) is 6.98. The number of carbonyl (C=O) groups excluding carboxylic acids is 1. The lowest BCUT2D eigenvalue weighted by Gasteiger charge is -2.28. The van der Waals surface area contributed by atoms with Crippen LogP contribution in [0.2, 0.25) is 0 Å². The van der Waals surface area contributed by atoms with E-state index in [4.69, 9.17) is 9.52 Å². The number of carbonyl (C=O) groups is 2. The predicted octanol–water partition coefficient (Wildman–Crippen LogP) is 2.66. The first-order chi connectivity index (χ1) is 9.51. The van der Waals surface area contributed by atoms with Gasteiger partial charge >= 0.3 is 5.97 Å². The molecule has 0 saturated heterocycles. The van der Waals surface area contributed by atoms with Gasteiger partial charge in [0.1, 0.15) is 0 Å². The molecule has 5 heteroatoms. The van der Waals surface area contributed by atoms with Crippen LogP contribution in [0.4, 0.5) is 0 Å². The first-order valence-electron chi connectivity index (χ1n) is 6.98. The van der Waals surface area contributed by atoms with E-state index in [1.165, 1.54) is 0 Å². The van der Waals surface area contributed by atoms with Crippen molar-refractivity contribution in [2.75, 3.05) is 7.05 Å². The molecule has 0 bridgehead atoms. The number of amides is 1. The molecule has 1 aromatic heterocycles. The fraction of sp³-hybridized carbons (Fsp3) is 0.600. The van der Waals surface area contributed by atoms with Gasteiger partial charge in [0.25, 0.3) is 0 Å². The van der Waals surface area contributed by atoms with Crippen molar-refractivity contribution in [3.8, 4) is 0 Å². The van der Waals surface area contributed by atoms with Crippen LogP contribution in [0.15, 0.2) is 23.0 Å². The van der Waals surface area contributed by atoms with Crippen LogP contribution in [0.25, 0.3) is 0 Å². The molecule has 1 heterocycles. The van der Waals surface area contributed by atoms with Crippen LogP contribution in [0.3, 0.4) is 0 Å². The molecule has 0 aromatic carbocycles. The van der Waals surface area contributed by atoms with Gasteiger partial charge in [-0.3, -0.25) is 9.59 Å². The van der Waals surface area contributed by atoms with Crippen molar-refractivity contribution in [2.45, 2.75) is 45.1 Å². The van der Waals surface area contributed by atoms with Crippen molar-refractivity contribution in [3.05, 3.63) is 24.2 Å². The molecule has 1 fully saturated rings. The average molecular weight is 279 g/mol. The Morgan fingerprint density at radius 1 is 1.35 bits per heavy atom. The fourth-order valence-electron chi connectivity index (χ4n) is 3.06. The number of carboxylic acids is 1. The highest BCUT2D eigenvalue weighted by molar-refractivity contribution is 5.78. The minimum absolute atomic E-state index is 0.00866. The minimum atomic E-state index is -0.808. The Hall–Kier alpha value is -1.78. The van der Waals surface area contributed by atoms with Gasteiger partial charge in [-0.05, 0) is 24.3 Å². The Kier molecular flexibility index (Phi) is 4.47. The second kappa shape index (κ2) is 6.11. The van der Waals surface area contributed by atoms with E-state index in [1.807, 2.05) is 6.07 Å². The lowest BCUT2D eigenvalue weighted by Crippen LogP contribution is -2.33. The lowest BCUT2D eigenvalue weighted by molar-refractivity contribution is -0.141. The molecule has 0 aliphatic heterocycles. The van der Waals surface area contributed by atoms with Gasteiger partial charge in [-0.25, -0.2) is 0 Å². The van der Waals surface area contributed by atoms with Crippen molar-refractivity contribution < 1.29 is 19.1 Å². The predicted molar refractivity (Wildman–Crippen MR) is 73.0 cm³/mol. The second-order valence-electron chi connectivity index (χ2n) is 5.84. The molecule has 0 atom stereocenters. The Morgan fingerprint density at radius 3 is 2.60 bits per heavy atom. The molecule has 1 saturated carbocycles. The normalized spacial score (nSPS) is 17.1. The maximum atomic E-state index is 12.3. The topological polar surface area (TPSA) is 70.8 Å². The second-order valence-corrected chi connectivity index (χ2v) is 5.84. The third kappa shape index (κ3) is 3.62. The molecule has 110 valence electrons. The number of nitrogens with zero attached hydrogens (tertiary/aromatic N) is 1. The Labute approximate surface area is 118 Å². The molecule has 0 spiro atoms. The third-order valence-electron chi connectivity index (χ3n) is 4.14. The van der Waals surface area contributed by atoms with Crippen LogP contribution in [-0.4, -0.2) is 28.9 Å². The summed E-state index contributed by atoms with van der Waals surface area (Å²) in [5, 5.41) is 9.06. The van der Waals surface area contributed by atoms with E-state index in [0.29, 0.717) is 13.0 Å². The Bertz CT molecular complexity index is 460. The van der Waals surface area contributed by atoms with Crippen LogP contribution in [0, 0.1) is 5.41 Å². The minimum Gasteiger partial charge on any atom is -0.481 e. The summed E-state index contributed by atoms with van der Waals surface area (Å²) in [6, 6.07) is 1.83. The zero-order valence-electron chi connectivity index (χ0n) is 11.8. The molecule has 1 amide bonds. The zero-order chi connectivity index (χ0) is 14.6. The summed E-state index contributed by atoms with van der Waals surface area (Å²) in [6.07, 6.45) is 7.34. The summed E-state index contributed by atoms with van der Waals surface area (Å²) in [5.41, 5.74) is 0.604. The summed E-state index contributed by atoms with van der Waals surface area (Å²) < 4.78 is 4.99.